The molecule has 0 aromatic heterocycles. The molecule has 1 N–H and O–H groups in total. The second kappa shape index (κ2) is 9.49. The van der Waals surface area contributed by atoms with E-state index in [9.17, 15) is 24.0 Å². The maximum atomic E-state index is 13.7. The van der Waals surface area contributed by atoms with Crippen molar-refractivity contribution in [1.29, 1.82) is 0 Å². The Bertz CT molecular complexity index is 1010. The van der Waals surface area contributed by atoms with Crippen molar-refractivity contribution in [3.8, 4) is 0 Å². The van der Waals surface area contributed by atoms with Gasteiger partial charge in [0.25, 0.3) is 0 Å². The van der Waals surface area contributed by atoms with Gasteiger partial charge in [0.2, 0.25) is 11.7 Å². The summed E-state index contributed by atoms with van der Waals surface area (Å²) in [6, 6.07) is 5.78. The first kappa shape index (κ1) is 26.9. The van der Waals surface area contributed by atoms with E-state index in [-0.39, 0.29) is 11.3 Å². The highest BCUT2D eigenvalue weighted by Gasteiger charge is 2.67. The van der Waals surface area contributed by atoms with Crippen molar-refractivity contribution >= 4 is 47.1 Å². The molecule has 12 heteroatoms. The van der Waals surface area contributed by atoms with E-state index in [1.807, 2.05) is 0 Å². The van der Waals surface area contributed by atoms with Crippen molar-refractivity contribution < 1.29 is 38.2 Å². The van der Waals surface area contributed by atoms with Gasteiger partial charge in [0, 0.05) is 5.56 Å². The van der Waals surface area contributed by atoms with Gasteiger partial charge < -0.3 is 14.2 Å². The third-order valence-corrected chi connectivity index (χ3v) is 4.59. The number of carbonyl (C=O) groups excluding carboxylic acids is 5. The van der Waals surface area contributed by atoms with Crippen LogP contribution < -0.4 is 10.3 Å². The van der Waals surface area contributed by atoms with Gasteiger partial charge in [0.05, 0.1) is 12.8 Å². The topological polar surface area (TPSA) is 132 Å². The zero-order chi connectivity index (χ0) is 26.1. The van der Waals surface area contributed by atoms with Gasteiger partial charge in [-0.1, -0.05) is 12.1 Å². The van der Waals surface area contributed by atoms with Crippen molar-refractivity contribution in [3.63, 3.8) is 0 Å². The highest BCUT2D eigenvalue weighted by Crippen LogP contribution is 2.42. The average molecular weight is 498 g/mol. The zero-order valence-electron chi connectivity index (χ0n) is 20.1. The summed E-state index contributed by atoms with van der Waals surface area (Å²) in [6.07, 6.45) is -2.51. The number of hydrogen-bond donors (Lipinski definition) is 1. The van der Waals surface area contributed by atoms with E-state index in [1.54, 1.807) is 20.8 Å². The van der Waals surface area contributed by atoms with Gasteiger partial charge in [-0.15, -0.1) is 11.6 Å². The molecule has 34 heavy (non-hydrogen) atoms. The molecular weight excluding hydrogens is 470 g/mol. The molecule has 11 nitrogen and oxygen atoms in total. The van der Waals surface area contributed by atoms with Gasteiger partial charge in [-0.3, -0.25) is 14.5 Å². The molecule has 1 atom stereocenters. The van der Waals surface area contributed by atoms with Crippen LogP contribution in [0.15, 0.2) is 24.3 Å². The molecule has 0 saturated carbocycles. The Morgan fingerprint density at radius 2 is 1.59 bits per heavy atom. The summed E-state index contributed by atoms with van der Waals surface area (Å²) < 4.78 is 15.4. The number of esters is 1. The van der Waals surface area contributed by atoms with Crippen LogP contribution in [0.2, 0.25) is 0 Å². The number of hydrogen-bond acceptors (Lipinski definition) is 8. The van der Waals surface area contributed by atoms with Crippen LogP contribution in [0.5, 0.6) is 0 Å². The maximum Gasteiger partial charge on any atom is 0.432 e. The van der Waals surface area contributed by atoms with Crippen LogP contribution in [-0.4, -0.2) is 64.7 Å². The normalized spacial score (nSPS) is 17.5. The number of nitrogens with one attached hydrogen (secondary N) is 1. The summed E-state index contributed by atoms with van der Waals surface area (Å²) in [5.74, 6) is -3.93. The molecule has 1 aromatic carbocycles. The number of Topliss-reactive ketones (excluding diaryl/α,β-unsaturated/α-hetero) is 1. The van der Waals surface area contributed by atoms with Crippen molar-refractivity contribution in [2.24, 2.45) is 0 Å². The molecule has 0 spiro atoms. The standard InChI is InChI=1S/C22H28ClN3O8/c1-20(2,3)33-18(30)24-26(19(31)34-21(4,5)6)22(17(29)32-7)16(28)13-10-8-9-11-14(13)25(22)15(27)12-23/h8-11H,12H2,1-7H3,(H,24,30)/t22-/m1/s1. The lowest BCUT2D eigenvalue weighted by Gasteiger charge is -2.42. The Kier molecular flexibility index (Phi) is 7.51. The number of carbonyl (C=O) groups is 5. The summed E-state index contributed by atoms with van der Waals surface area (Å²) >= 11 is 5.80. The number of nitrogens with zero attached hydrogens (tertiary/aromatic N) is 2. The maximum absolute atomic E-state index is 13.7. The smallest absolute Gasteiger partial charge is 0.432 e. The van der Waals surface area contributed by atoms with E-state index in [4.69, 9.17) is 25.8 Å². The second-order valence-corrected chi connectivity index (χ2v) is 9.57. The molecule has 1 aliphatic heterocycles. The molecule has 2 rings (SSSR count). The monoisotopic (exact) mass is 497 g/mol. The Morgan fingerprint density at radius 3 is 2.09 bits per heavy atom. The van der Waals surface area contributed by atoms with Crippen molar-refractivity contribution in [2.75, 3.05) is 17.9 Å². The quantitative estimate of drug-likeness (QED) is 0.221. The van der Waals surface area contributed by atoms with Gasteiger partial charge in [-0.05, 0) is 53.7 Å². The fraction of sp³-hybridized carbons (Fsp3) is 0.500. The average Bonchev–Trinajstić information content (AvgIpc) is 2.98. The third-order valence-electron chi connectivity index (χ3n) is 4.37. The van der Waals surface area contributed by atoms with Gasteiger partial charge >= 0.3 is 23.8 Å². The summed E-state index contributed by atoms with van der Waals surface area (Å²) in [4.78, 5) is 66.8. The van der Waals surface area contributed by atoms with Crippen LogP contribution in [0.25, 0.3) is 0 Å². The molecule has 0 bridgehead atoms. The number of fused-ring (bicyclic) bond motifs is 1. The molecule has 0 fully saturated rings. The van der Waals surface area contributed by atoms with Gasteiger partial charge in [-0.2, -0.15) is 5.01 Å². The lowest BCUT2D eigenvalue weighted by atomic mass is 10.0. The summed E-state index contributed by atoms with van der Waals surface area (Å²) in [7, 11) is 0.963. The van der Waals surface area contributed by atoms with Gasteiger partial charge in [-0.25, -0.2) is 19.8 Å². The first-order valence-corrected chi connectivity index (χ1v) is 10.8. The third kappa shape index (κ3) is 5.09. The molecule has 1 aliphatic rings. The summed E-state index contributed by atoms with van der Waals surface area (Å²) in [6.45, 7) is 9.32. The summed E-state index contributed by atoms with van der Waals surface area (Å²) in [5.41, 5.74) is -2.93. The lowest BCUT2D eigenvalue weighted by Crippen LogP contribution is -2.75. The highest BCUT2D eigenvalue weighted by molar-refractivity contribution is 6.35. The number of ether oxygens (including phenoxy) is 3. The molecule has 0 aliphatic carbocycles. The number of para-hydroxylation sites is 1. The Morgan fingerprint density at radius 1 is 1.03 bits per heavy atom. The SMILES string of the molecule is COC(=O)[C@]1(N(NC(=O)OC(C)(C)C)C(=O)OC(C)(C)C)C(=O)c2ccccc2N1C(=O)CCl. The number of benzene rings is 1. The van der Waals surface area contributed by atoms with Crippen LogP contribution in [0.4, 0.5) is 15.3 Å². The molecule has 0 radical (unpaired) electrons. The van der Waals surface area contributed by atoms with Crippen molar-refractivity contribution in [1.82, 2.24) is 10.4 Å². The van der Waals surface area contributed by atoms with Crippen LogP contribution in [-0.2, 0) is 23.8 Å². The minimum absolute atomic E-state index is 0.0110. The van der Waals surface area contributed by atoms with Crippen molar-refractivity contribution in [3.05, 3.63) is 29.8 Å². The fourth-order valence-corrected chi connectivity index (χ4v) is 3.40. The number of anilines is 1. The van der Waals surface area contributed by atoms with Gasteiger partial charge in [0.15, 0.2) is 0 Å². The Hall–Kier alpha value is -3.34. The first-order chi connectivity index (χ1) is 15.6. The van der Waals surface area contributed by atoms with Crippen LogP contribution >= 0.6 is 11.6 Å². The number of alkyl halides is 1. The van der Waals surface area contributed by atoms with Crippen molar-refractivity contribution in [2.45, 2.75) is 58.4 Å². The molecule has 1 heterocycles. The molecule has 3 amide bonds. The fourth-order valence-electron chi connectivity index (χ4n) is 3.28. The molecule has 0 unspecified atom stereocenters. The van der Waals surface area contributed by atoms with E-state index < -0.39 is 52.6 Å². The number of hydrazine groups is 1. The summed E-state index contributed by atoms with van der Waals surface area (Å²) in [5, 5.41) is 0.310. The van der Waals surface area contributed by atoms with E-state index in [0.29, 0.717) is 9.91 Å². The van der Waals surface area contributed by atoms with Crippen LogP contribution in [0.1, 0.15) is 51.9 Å². The first-order valence-electron chi connectivity index (χ1n) is 10.2. The number of methoxy groups -OCH3 is 1. The van der Waals surface area contributed by atoms with Crippen LogP contribution in [0.3, 0.4) is 0 Å². The highest BCUT2D eigenvalue weighted by atomic mass is 35.5. The minimum atomic E-state index is -2.83. The second-order valence-electron chi connectivity index (χ2n) is 9.30. The number of amides is 3. The number of ketones is 1. The van der Waals surface area contributed by atoms with E-state index in [2.05, 4.69) is 5.43 Å². The molecule has 0 saturated heterocycles. The predicted molar refractivity (Wildman–Crippen MR) is 121 cm³/mol. The molecule has 186 valence electrons. The number of rotatable bonds is 3. The molecule has 1 aromatic rings. The Balaban J connectivity index is 2.82. The molecular formula is C22H28ClN3O8. The van der Waals surface area contributed by atoms with Crippen LogP contribution in [0, 0.1) is 0 Å². The Labute approximate surface area is 202 Å². The van der Waals surface area contributed by atoms with E-state index >= 15 is 0 Å². The van der Waals surface area contributed by atoms with Gasteiger partial charge in [0.1, 0.15) is 17.1 Å². The van der Waals surface area contributed by atoms with E-state index in [1.165, 1.54) is 45.0 Å². The number of halogens is 1. The lowest BCUT2D eigenvalue weighted by molar-refractivity contribution is -0.154. The zero-order valence-corrected chi connectivity index (χ0v) is 20.8. The van der Waals surface area contributed by atoms with E-state index in [0.717, 1.165) is 7.11 Å². The predicted octanol–water partition coefficient (Wildman–Crippen LogP) is 3.00. The minimum Gasteiger partial charge on any atom is -0.465 e. The largest absolute Gasteiger partial charge is 0.465 e.